The Morgan fingerprint density at radius 2 is 2.11 bits per heavy atom. The van der Waals surface area contributed by atoms with Crippen LogP contribution in [0, 0.1) is 6.92 Å². The first kappa shape index (κ1) is 13.1. The van der Waals surface area contributed by atoms with Crippen LogP contribution in [0.15, 0.2) is 41.0 Å². The van der Waals surface area contributed by atoms with Gasteiger partial charge >= 0.3 is 0 Å². The van der Waals surface area contributed by atoms with Crippen molar-refractivity contribution in [2.45, 2.75) is 6.92 Å². The average Bonchev–Trinajstić information content (AvgIpc) is 2.27. The summed E-state index contributed by atoms with van der Waals surface area (Å²) in [6.07, 6.45) is 1.65. The molecular formula is C13H10BrClN2O. The Morgan fingerprint density at radius 1 is 1.33 bits per heavy atom. The molecule has 1 aromatic heterocycles. The lowest BCUT2D eigenvalue weighted by Gasteiger charge is -2.06. The van der Waals surface area contributed by atoms with Gasteiger partial charge in [0.05, 0.1) is 0 Å². The summed E-state index contributed by atoms with van der Waals surface area (Å²) in [5, 5.41) is 3.31. The lowest BCUT2D eigenvalue weighted by atomic mass is 10.2. The van der Waals surface area contributed by atoms with E-state index in [2.05, 4.69) is 26.2 Å². The van der Waals surface area contributed by atoms with Crippen molar-refractivity contribution in [1.82, 2.24) is 4.98 Å². The smallest absolute Gasteiger partial charge is 0.255 e. The third-order valence-electron chi connectivity index (χ3n) is 2.28. The van der Waals surface area contributed by atoms with E-state index in [-0.39, 0.29) is 5.91 Å². The quantitative estimate of drug-likeness (QED) is 0.905. The molecular weight excluding hydrogens is 316 g/mol. The van der Waals surface area contributed by atoms with Gasteiger partial charge in [-0.1, -0.05) is 27.5 Å². The lowest BCUT2D eigenvalue weighted by molar-refractivity contribution is 0.102. The number of rotatable bonds is 2. The van der Waals surface area contributed by atoms with Crippen LogP contribution in [0.2, 0.25) is 5.02 Å². The van der Waals surface area contributed by atoms with Crippen molar-refractivity contribution in [2.75, 3.05) is 5.32 Å². The third-order valence-corrected chi connectivity index (χ3v) is 2.96. The van der Waals surface area contributed by atoms with Gasteiger partial charge in [0.25, 0.3) is 5.91 Å². The molecule has 92 valence electrons. The van der Waals surface area contributed by atoms with Gasteiger partial charge in [0.15, 0.2) is 0 Å². The highest BCUT2D eigenvalue weighted by Crippen LogP contribution is 2.20. The van der Waals surface area contributed by atoms with Gasteiger partial charge in [0, 0.05) is 32.6 Å². The number of hydrogen-bond donors (Lipinski definition) is 1. The van der Waals surface area contributed by atoms with Crippen LogP contribution in [0.4, 0.5) is 5.69 Å². The fourth-order valence-electron chi connectivity index (χ4n) is 1.51. The van der Waals surface area contributed by atoms with Crippen molar-refractivity contribution in [1.29, 1.82) is 0 Å². The minimum absolute atomic E-state index is 0.205. The number of anilines is 1. The van der Waals surface area contributed by atoms with E-state index in [0.717, 1.165) is 10.2 Å². The van der Waals surface area contributed by atoms with E-state index in [0.29, 0.717) is 16.3 Å². The number of aromatic nitrogens is 1. The number of aryl methyl sites for hydroxylation is 1. The fourth-order valence-corrected chi connectivity index (χ4v) is 2.37. The number of halogens is 2. The summed E-state index contributed by atoms with van der Waals surface area (Å²) in [6, 6.07) is 8.61. The average molecular weight is 326 g/mol. The first-order valence-electron chi connectivity index (χ1n) is 5.25. The summed E-state index contributed by atoms with van der Waals surface area (Å²) in [4.78, 5) is 16.1. The van der Waals surface area contributed by atoms with Crippen LogP contribution < -0.4 is 5.32 Å². The highest BCUT2D eigenvalue weighted by Gasteiger charge is 2.08. The Bertz CT molecular complexity index is 581. The molecule has 1 heterocycles. The number of pyridine rings is 1. The van der Waals surface area contributed by atoms with Gasteiger partial charge < -0.3 is 5.32 Å². The van der Waals surface area contributed by atoms with Crippen molar-refractivity contribution in [2.24, 2.45) is 0 Å². The Labute approximate surface area is 118 Å². The minimum atomic E-state index is -0.205. The van der Waals surface area contributed by atoms with Gasteiger partial charge in [0.1, 0.15) is 0 Å². The van der Waals surface area contributed by atoms with E-state index in [1.807, 2.05) is 6.92 Å². The molecule has 0 saturated heterocycles. The lowest BCUT2D eigenvalue weighted by Crippen LogP contribution is -2.12. The normalized spacial score (nSPS) is 10.2. The van der Waals surface area contributed by atoms with Gasteiger partial charge in [-0.15, -0.1) is 0 Å². The maximum absolute atomic E-state index is 12.0. The van der Waals surface area contributed by atoms with Crippen molar-refractivity contribution >= 4 is 39.1 Å². The summed E-state index contributed by atoms with van der Waals surface area (Å²) in [7, 11) is 0. The maximum Gasteiger partial charge on any atom is 0.255 e. The van der Waals surface area contributed by atoms with Crippen LogP contribution in [0.5, 0.6) is 0 Å². The SMILES string of the molecule is Cc1cc(NC(=O)c2cc(Cl)cc(Br)c2)ccn1. The molecule has 1 aromatic carbocycles. The molecule has 0 atom stereocenters. The number of hydrogen-bond acceptors (Lipinski definition) is 2. The zero-order valence-corrected chi connectivity index (χ0v) is 11.9. The van der Waals surface area contributed by atoms with E-state index in [9.17, 15) is 4.79 Å². The summed E-state index contributed by atoms with van der Waals surface area (Å²) in [6.45, 7) is 1.87. The number of carbonyl (C=O) groups excluding carboxylic acids is 1. The zero-order valence-electron chi connectivity index (χ0n) is 9.58. The molecule has 0 fully saturated rings. The summed E-state index contributed by atoms with van der Waals surface area (Å²) >= 11 is 9.21. The van der Waals surface area contributed by atoms with Crippen LogP contribution in [0.1, 0.15) is 16.1 Å². The molecule has 0 aliphatic heterocycles. The first-order chi connectivity index (χ1) is 8.54. The Kier molecular flexibility index (Phi) is 3.99. The van der Waals surface area contributed by atoms with Crippen LogP contribution >= 0.6 is 27.5 Å². The van der Waals surface area contributed by atoms with Crippen LogP contribution in [-0.4, -0.2) is 10.9 Å². The number of carbonyl (C=O) groups is 1. The molecule has 2 aromatic rings. The molecule has 0 radical (unpaired) electrons. The topological polar surface area (TPSA) is 42.0 Å². The zero-order chi connectivity index (χ0) is 13.1. The maximum atomic E-state index is 12.0. The fraction of sp³-hybridized carbons (Fsp3) is 0.0769. The van der Waals surface area contributed by atoms with Gasteiger partial charge in [0.2, 0.25) is 0 Å². The standard InChI is InChI=1S/C13H10BrClN2O/c1-8-4-12(2-3-16-8)17-13(18)9-5-10(14)7-11(15)6-9/h2-7H,1H3,(H,16,17,18). The molecule has 18 heavy (non-hydrogen) atoms. The second kappa shape index (κ2) is 5.50. The molecule has 0 spiro atoms. The van der Waals surface area contributed by atoms with E-state index < -0.39 is 0 Å². The van der Waals surface area contributed by atoms with Crippen molar-refractivity contribution in [3.63, 3.8) is 0 Å². The van der Waals surface area contributed by atoms with Crippen LogP contribution in [0.3, 0.4) is 0 Å². The van der Waals surface area contributed by atoms with E-state index in [1.165, 1.54) is 0 Å². The van der Waals surface area contributed by atoms with Crippen molar-refractivity contribution < 1.29 is 4.79 Å². The van der Waals surface area contributed by atoms with E-state index >= 15 is 0 Å². The van der Waals surface area contributed by atoms with Gasteiger partial charge in [-0.25, -0.2) is 0 Å². The number of nitrogens with one attached hydrogen (secondary N) is 1. The van der Waals surface area contributed by atoms with Gasteiger partial charge in [-0.2, -0.15) is 0 Å². The van der Waals surface area contributed by atoms with Crippen LogP contribution in [-0.2, 0) is 0 Å². The Hall–Kier alpha value is -1.39. The second-order valence-electron chi connectivity index (χ2n) is 3.80. The second-order valence-corrected chi connectivity index (χ2v) is 5.15. The largest absolute Gasteiger partial charge is 0.322 e. The summed E-state index contributed by atoms with van der Waals surface area (Å²) in [5.74, 6) is -0.205. The molecule has 0 saturated carbocycles. The monoisotopic (exact) mass is 324 g/mol. The summed E-state index contributed by atoms with van der Waals surface area (Å²) in [5.41, 5.74) is 2.06. The molecule has 0 unspecified atom stereocenters. The number of nitrogens with zero attached hydrogens (tertiary/aromatic N) is 1. The van der Waals surface area contributed by atoms with Gasteiger partial charge in [-0.3, -0.25) is 9.78 Å². The highest BCUT2D eigenvalue weighted by molar-refractivity contribution is 9.10. The molecule has 0 aliphatic rings. The van der Waals surface area contributed by atoms with Crippen LogP contribution in [0.25, 0.3) is 0 Å². The number of benzene rings is 1. The first-order valence-corrected chi connectivity index (χ1v) is 6.42. The molecule has 3 nitrogen and oxygen atoms in total. The highest BCUT2D eigenvalue weighted by atomic mass is 79.9. The van der Waals surface area contributed by atoms with E-state index in [4.69, 9.17) is 11.6 Å². The number of amides is 1. The molecule has 0 aliphatic carbocycles. The molecule has 1 amide bonds. The Morgan fingerprint density at radius 3 is 2.78 bits per heavy atom. The van der Waals surface area contributed by atoms with Gasteiger partial charge in [-0.05, 0) is 37.3 Å². The van der Waals surface area contributed by atoms with Crippen molar-refractivity contribution in [3.8, 4) is 0 Å². The molecule has 1 N–H and O–H groups in total. The molecule has 0 bridgehead atoms. The Balaban J connectivity index is 2.22. The molecule has 5 heteroatoms. The van der Waals surface area contributed by atoms with E-state index in [1.54, 1.807) is 36.5 Å². The van der Waals surface area contributed by atoms with Crippen molar-refractivity contribution in [3.05, 3.63) is 57.3 Å². The predicted molar refractivity (Wildman–Crippen MR) is 76.1 cm³/mol. The molecule has 2 rings (SSSR count). The summed E-state index contributed by atoms with van der Waals surface area (Å²) < 4.78 is 0.769. The minimum Gasteiger partial charge on any atom is -0.322 e. The third kappa shape index (κ3) is 3.31. The predicted octanol–water partition coefficient (Wildman–Crippen LogP) is 4.06.